The van der Waals surface area contributed by atoms with E-state index in [1.165, 1.54) is 31.4 Å². The molecule has 1 N–H and O–H groups in total. The summed E-state index contributed by atoms with van der Waals surface area (Å²) in [6.45, 7) is 0.119. The molecule has 7 nitrogen and oxygen atoms in total. The first-order valence-electron chi connectivity index (χ1n) is 7.23. The molecule has 8 heteroatoms. The van der Waals surface area contributed by atoms with E-state index < -0.39 is 17.2 Å². The largest absolute Gasteiger partial charge is 0.755 e. The van der Waals surface area contributed by atoms with Gasteiger partial charge in [-0.05, 0) is 42.3 Å². The van der Waals surface area contributed by atoms with Gasteiger partial charge in [-0.15, -0.1) is 0 Å². The molecule has 1 unspecified atom stereocenters. The zero-order chi connectivity index (χ0) is 18.4. The maximum absolute atomic E-state index is 11.6. The van der Waals surface area contributed by atoms with Crippen LogP contribution in [0.2, 0.25) is 0 Å². The van der Waals surface area contributed by atoms with Crippen molar-refractivity contribution in [2.45, 2.75) is 6.42 Å². The first-order valence-corrected chi connectivity index (χ1v) is 8.26. The van der Waals surface area contributed by atoms with E-state index in [0.717, 1.165) is 9.87 Å². The number of hydrogen-bond donors (Lipinski definition) is 1. The first kappa shape index (κ1) is 18.4. The zero-order valence-electron chi connectivity index (χ0n) is 13.3. The standard InChI is InChI=1S/C17H16N2O5S/c1-24-16-7-4-13(11-18)10-15(16)19(25(22)23)9-8-12-2-5-14(6-3-12)17(20)21/h2-7,10H,8-9H2,1H3,(H,20,21)(H,22,23)/p-1. The van der Waals surface area contributed by atoms with Crippen LogP contribution in [0.1, 0.15) is 21.5 Å². The van der Waals surface area contributed by atoms with E-state index in [1.54, 1.807) is 18.2 Å². The molecule has 0 heterocycles. The molecular formula is C17H15N2O5S-. The molecule has 0 amide bonds. The molecule has 25 heavy (non-hydrogen) atoms. The lowest BCUT2D eigenvalue weighted by Gasteiger charge is -2.28. The number of nitriles is 1. The minimum atomic E-state index is -2.56. The maximum Gasteiger partial charge on any atom is 0.335 e. The Labute approximate surface area is 147 Å². The summed E-state index contributed by atoms with van der Waals surface area (Å²) in [6, 6.07) is 12.7. The highest BCUT2D eigenvalue weighted by Gasteiger charge is 2.14. The van der Waals surface area contributed by atoms with Crippen LogP contribution in [0.25, 0.3) is 0 Å². The molecule has 0 aliphatic heterocycles. The van der Waals surface area contributed by atoms with Gasteiger partial charge in [0.05, 0.1) is 30.0 Å². The second kappa shape index (κ2) is 8.28. The second-order valence-electron chi connectivity index (χ2n) is 5.07. The Hall–Kier alpha value is -2.89. The van der Waals surface area contributed by atoms with Crippen molar-refractivity contribution in [3.05, 3.63) is 59.2 Å². The minimum absolute atomic E-state index is 0.119. The van der Waals surface area contributed by atoms with Crippen LogP contribution in [0.4, 0.5) is 5.69 Å². The van der Waals surface area contributed by atoms with E-state index in [1.807, 2.05) is 6.07 Å². The lowest BCUT2D eigenvalue weighted by atomic mass is 10.1. The quantitative estimate of drug-likeness (QED) is 0.757. The van der Waals surface area contributed by atoms with Gasteiger partial charge in [0.15, 0.2) is 0 Å². The van der Waals surface area contributed by atoms with Crippen LogP contribution < -0.4 is 9.04 Å². The van der Waals surface area contributed by atoms with Gasteiger partial charge in [0.25, 0.3) is 0 Å². The number of methoxy groups -OCH3 is 1. The van der Waals surface area contributed by atoms with Crippen LogP contribution in [0.15, 0.2) is 42.5 Å². The predicted octanol–water partition coefficient (Wildman–Crippen LogP) is 2.11. The number of carboxylic acids is 1. The summed E-state index contributed by atoms with van der Waals surface area (Å²) in [4.78, 5) is 10.9. The molecule has 0 bridgehead atoms. The number of ether oxygens (including phenoxy) is 1. The fourth-order valence-electron chi connectivity index (χ4n) is 2.27. The minimum Gasteiger partial charge on any atom is -0.755 e. The molecule has 2 aromatic carbocycles. The highest BCUT2D eigenvalue weighted by atomic mass is 32.2. The number of carbonyl (C=O) groups is 1. The van der Waals surface area contributed by atoms with E-state index in [2.05, 4.69) is 0 Å². The third-order valence-corrected chi connectivity index (χ3v) is 4.30. The lowest BCUT2D eigenvalue weighted by molar-refractivity contribution is 0.0697. The van der Waals surface area contributed by atoms with Gasteiger partial charge < -0.3 is 14.4 Å². The molecule has 0 spiro atoms. The van der Waals surface area contributed by atoms with Crippen molar-refractivity contribution >= 4 is 22.9 Å². The molecule has 0 fully saturated rings. The van der Waals surface area contributed by atoms with Crippen molar-refractivity contribution in [2.75, 3.05) is 18.0 Å². The van der Waals surface area contributed by atoms with Crippen molar-refractivity contribution in [1.29, 1.82) is 5.26 Å². The molecule has 2 aromatic rings. The molecule has 130 valence electrons. The number of anilines is 1. The fourth-order valence-corrected chi connectivity index (χ4v) is 2.82. The number of benzene rings is 2. The van der Waals surface area contributed by atoms with E-state index in [-0.39, 0.29) is 17.8 Å². The average molecular weight is 359 g/mol. The van der Waals surface area contributed by atoms with E-state index in [9.17, 15) is 13.6 Å². The summed E-state index contributed by atoms with van der Waals surface area (Å²) in [5.74, 6) is -0.684. The smallest absolute Gasteiger partial charge is 0.335 e. The molecular weight excluding hydrogens is 344 g/mol. The molecule has 2 rings (SSSR count). The van der Waals surface area contributed by atoms with Crippen LogP contribution >= 0.6 is 0 Å². The van der Waals surface area contributed by atoms with Crippen molar-refractivity contribution in [1.82, 2.24) is 0 Å². The van der Waals surface area contributed by atoms with Crippen LogP contribution in [0, 0.1) is 11.3 Å². The second-order valence-corrected chi connectivity index (χ2v) is 5.94. The van der Waals surface area contributed by atoms with Gasteiger partial charge in [0.1, 0.15) is 5.75 Å². The van der Waals surface area contributed by atoms with Gasteiger partial charge in [-0.25, -0.2) is 4.79 Å². The van der Waals surface area contributed by atoms with Gasteiger partial charge >= 0.3 is 5.97 Å². The Balaban J connectivity index is 2.23. The van der Waals surface area contributed by atoms with Crippen molar-refractivity contribution < 1.29 is 23.4 Å². The Morgan fingerprint density at radius 1 is 1.32 bits per heavy atom. The van der Waals surface area contributed by atoms with Crippen LogP contribution in [0.3, 0.4) is 0 Å². The zero-order valence-corrected chi connectivity index (χ0v) is 14.2. The summed E-state index contributed by atoms with van der Waals surface area (Å²) < 4.78 is 29.6. The summed E-state index contributed by atoms with van der Waals surface area (Å²) >= 11 is -2.56. The summed E-state index contributed by atoms with van der Waals surface area (Å²) in [5, 5.41) is 17.9. The summed E-state index contributed by atoms with van der Waals surface area (Å²) in [6.07, 6.45) is 0.369. The average Bonchev–Trinajstić information content (AvgIpc) is 2.61. The number of rotatable bonds is 7. The topological polar surface area (TPSA) is 114 Å². The van der Waals surface area contributed by atoms with Crippen molar-refractivity contribution in [3.63, 3.8) is 0 Å². The SMILES string of the molecule is COc1ccc(C#N)cc1N(CCc1ccc(C(=O)O)cc1)S(=O)[O-]. The third-order valence-electron chi connectivity index (χ3n) is 3.56. The third kappa shape index (κ3) is 4.56. The van der Waals surface area contributed by atoms with E-state index in [0.29, 0.717) is 17.7 Å². The number of carboxylic acid groups (broad SMARTS) is 1. The number of aromatic carboxylic acids is 1. The molecule has 0 radical (unpaired) electrons. The van der Waals surface area contributed by atoms with Crippen LogP contribution in [-0.4, -0.2) is 33.5 Å². The summed E-state index contributed by atoms with van der Waals surface area (Å²) in [5.41, 5.74) is 1.54. The Kier molecular flexibility index (Phi) is 6.11. The predicted molar refractivity (Wildman–Crippen MR) is 91.1 cm³/mol. The van der Waals surface area contributed by atoms with E-state index in [4.69, 9.17) is 15.1 Å². The van der Waals surface area contributed by atoms with Crippen molar-refractivity contribution in [3.8, 4) is 11.8 Å². The van der Waals surface area contributed by atoms with Gasteiger partial charge in [0, 0.05) is 17.8 Å². The Morgan fingerprint density at radius 3 is 2.52 bits per heavy atom. The highest BCUT2D eigenvalue weighted by Crippen LogP contribution is 2.30. The van der Waals surface area contributed by atoms with E-state index >= 15 is 0 Å². The van der Waals surface area contributed by atoms with Crippen molar-refractivity contribution in [2.24, 2.45) is 0 Å². The summed E-state index contributed by atoms with van der Waals surface area (Å²) in [7, 11) is 1.42. The maximum atomic E-state index is 11.6. The highest BCUT2D eigenvalue weighted by molar-refractivity contribution is 7.80. The molecule has 0 aliphatic rings. The van der Waals surface area contributed by atoms with Gasteiger partial charge in [-0.1, -0.05) is 12.1 Å². The van der Waals surface area contributed by atoms with Gasteiger partial charge in [0.2, 0.25) is 0 Å². The normalized spacial score (nSPS) is 11.4. The monoisotopic (exact) mass is 359 g/mol. The first-order chi connectivity index (χ1) is 12.0. The van der Waals surface area contributed by atoms with Gasteiger partial charge in [-0.2, -0.15) is 5.26 Å². The Bertz CT molecular complexity index is 830. The molecule has 0 aliphatic carbocycles. The lowest BCUT2D eigenvalue weighted by Crippen LogP contribution is -2.28. The molecule has 0 saturated carbocycles. The van der Waals surface area contributed by atoms with Crippen LogP contribution in [-0.2, 0) is 17.7 Å². The van der Waals surface area contributed by atoms with Gasteiger partial charge in [-0.3, -0.25) is 8.51 Å². The molecule has 0 aromatic heterocycles. The Morgan fingerprint density at radius 2 is 2.00 bits per heavy atom. The van der Waals surface area contributed by atoms with Crippen LogP contribution in [0.5, 0.6) is 5.75 Å². The fraction of sp³-hybridized carbons (Fsp3) is 0.176. The molecule has 1 atom stereocenters. The number of nitrogens with zero attached hydrogens (tertiary/aromatic N) is 2. The molecule has 0 saturated heterocycles. The number of hydrogen-bond acceptors (Lipinski definition) is 5.